The Labute approximate surface area is 190 Å². The molecule has 0 saturated heterocycles. The molecule has 0 spiro atoms. The predicted octanol–water partition coefficient (Wildman–Crippen LogP) is 4.30. The van der Waals surface area contributed by atoms with Gasteiger partial charge in [-0.2, -0.15) is 5.26 Å². The van der Waals surface area contributed by atoms with Crippen LogP contribution in [0, 0.1) is 17.2 Å². The number of nitrogens with zero attached hydrogens (tertiary/aromatic N) is 1. The van der Waals surface area contributed by atoms with Crippen LogP contribution in [-0.2, 0) is 11.4 Å². The number of amides is 1. The summed E-state index contributed by atoms with van der Waals surface area (Å²) in [5.41, 5.74) is 2.58. The fourth-order valence-corrected chi connectivity index (χ4v) is 4.18. The summed E-state index contributed by atoms with van der Waals surface area (Å²) < 4.78 is 7.01. The van der Waals surface area contributed by atoms with Crippen LogP contribution in [0.2, 0.25) is 0 Å². The predicted molar refractivity (Wildman–Crippen MR) is 119 cm³/mol. The lowest BCUT2D eigenvalue weighted by atomic mass is 10.1. The molecule has 0 atom stereocenters. The van der Waals surface area contributed by atoms with Crippen LogP contribution in [0.1, 0.15) is 34.3 Å². The average Bonchev–Trinajstić information content (AvgIpc) is 3.54. The fourth-order valence-electron chi connectivity index (χ4n) is 2.77. The third kappa shape index (κ3) is 6.21. The number of carboxylic acid groups (broad SMARTS) is 1. The number of aliphatic carboxylic acids is 1. The van der Waals surface area contributed by atoms with Crippen LogP contribution < -0.4 is 15.4 Å². The van der Waals surface area contributed by atoms with Crippen LogP contribution in [-0.4, -0.2) is 30.1 Å². The highest BCUT2D eigenvalue weighted by molar-refractivity contribution is 9.11. The molecule has 0 unspecified atom stereocenters. The SMILES string of the molecule is N#Cc1cc(COc2c(Br)cc(C(=O)NCC(=O)O)cc2Br)cc(NCC2CC2)c1. The number of ether oxygens (including phenoxy) is 1. The molecule has 2 aromatic carbocycles. The number of anilines is 1. The Morgan fingerprint density at radius 2 is 1.87 bits per heavy atom. The third-order valence-corrected chi connectivity index (χ3v) is 5.64. The van der Waals surface area contributed by atoms with Crippen LogP contribution in [0.3, 0.4) is 0 Å². The summed E-state index contributed by atoms with van der Waals surface area (Å²) in [4.78, 5) is 22.7. The Morgan fingerprint density at radius 1 is 1.17 bits per heavy atom. The van der Waals surface area contributed by atoms with E-state index >= 15 is 0 Å². The summed E-state index contributed by atoms with van der Waals surface area (Å²) >= 11 is 6.79. The summed E-state index contributed by atoms with van der Waals surface area (Å²) in [6.45, 7) is 0.672. The number of hydrogen-bond donors (Lipinski definition) is 3. The number of nitriles is 1. The van der Waals surface area contributed by atoms with E-state index in [4.69, 9.17) is 9.84 Å². The summed E-state index contributed by atoms with van der Waals surface area (Å²) in [6.07, 6.45) is 2.49. The van der Waals surface area contributed by atoms with Gasteiger partial charge in [0.15, 0.2) is 0 Å². The quantitative estimate of drug-likeness (QED) is 0.440. The van der Waals surface area contributed by atoms with E-state index in [-0.39, 0.29) is 6.61 Å². The normalized spacial score (nSPS) is 12.7. The standard InChI is InChI=1S/C21H19Br2N3O4/c22-17-6-15(21(29)26-10-19(27)28)7-18(23)20(17)30-11-14-3-13(8-24)4-16(5-14)25-9-12-1-2-12/h3-7,12,25H,1-2,9-11H2,(H,26,29)(H,27,28). The number of benzene rings is 2. The molecule has 2 aromatic rings. The van der Waals surface area contributed by atoms with Gasteiger partial charge in [-0.1, -0.05) is 0 Å². The number of carbonyl (C=O) groups is 2. The summed E-state index contributed by atoms with van der Waals surface area (Å²) in [5.74, 6) is -0.404. The van der Waals surface area contributed by atoms with Crippen LogP contribution in [0.25, 0.3) is 0 Å². The lowest BCUT2D eigenvalue weighted by Gasteiger charge is -2.14. The molecule has 1 fully saturated rings. The second kappa shape index (κ2) is 9.96. The summed E-state index contributed by atoms with van der Waals surface area (Å²) in [5, 5.41) is 23.7. The van der Waals surface area contributed by atoms with E-state index in [1.165, 1.54) is 12.8 Å². The van der Waals surface area contributed by atoms with Crippen molar-refractivity contribution in [1.29, 1.82) is 5.26 Å². The number of hydrogen-bond acceptors (Lipinski definition) is 5. The molecule has 1 amide bonds. The molecule has 0 heterocycles. The second-order valence-electron chi connectivity index (χ2n) is 6.99. The highest BCUT2D eigenvalue weighted by Crippen LogP contribution is 2.35. The van der Waals surface area contributed by atoms with Gasteiger partial charge in [-0.25, -0.2) is 0 Å². The Bertz CT molecular complexity index is 993. The van der Waals surface area contributed by atoms with Gasteiger partial charge >= 0.3 is 5.97 Å². The molecular weight excluding hydrogens is 518 g/mol. The van der Waals surface area contributed by atoms with Crippen molar-refractivity contribution in [2.75, 3.05) is 18.4 Å². The van der Waals surface area contributed by atoms with Crippen LogP contribution in [0.15, 0.2) is 39.3 Å². The molecule has 1 saturated carbocycles. The topological polar surface area (TPSA) is 111 Å². The minimum atomic E-state index is -1.12. The molecule has 0 bridgehead atoms. The van der Waals surface area contributed by atoms with E-state index < -0.39 is 18.4 Å². The Morgan fingerprint density at radius 3 is 2.47 bits per heavy atom. The molecule has 0 aromatic heterocycles. The molecule has 30 heavy (non-hydrogen) atoms. The Hall–Kier alpha value is -2.57. The number of rotatable bonds is 9. The van der Waals surface area contributed by atoms with E-state index in [2.05, 4.69) is 48.6 Å². The highest BCUT2D eigenvalue weighted by Gasteiger charge is 2.20. The molecule has 3 rings (SSSR count). The first-order valence-corrected chi connectivity index (χ1v) is 10.8. The molecule has 156 valence electrons. The lowest BCUT2D eigenvalue weighted by Crippen LogP contribution is -2.29. The van der Waals surface area contributed by atoms with Crippen molar-refractivity contribution in [1.82, 2.24) is 5.32 Å². The van der Waals surface area contributed by atoms with Crippen molar-refractivity contribution in [3.8, 4) is 11.8 Å². The van der Waals surface area contributed by atoms with Gasteiger partial charge in [0, 0.05) is 17.8 Å². The molecule has 0 aliphatic heterocycles. The van der Waals surface area contributed by atoms with E-state index in [0.29, 0.717) is 31.7 Å². The van der Waals surface area contributed by atoms with Gasteiger partial charge in [0.05, 0.1) is 20.6 Å². The van der Waals surface area contributed by atoms with E-state index in [0.717, 1.165) is 17.8 Å². The van der Waals surface area contributed by atoms with Crippen molar-refractivity contribution < 1.29 is 19.4 Å². The van der Waals surface area contributed by atoms with Crippen molar-refractivity contribution >= 4 is 49.4 Å². The first kappa shape index (κ1) is 22.1. The molecule has 3 N–H and O–H groups in total. The van der Waals surface area contributed by atoms with Gasteiger partial charge in [0.2, 0.25) is 0 Å². The zero-order chi connectivity index (χ0) is 21.7. The maximum atomic E-state index is 12.1. The maximum Gasteiger partial charge on any atom is 0.322 e. The van der Waals surface area contributed by atoms with Crippen LogP contribution >= 0.6 is 31.9 Å². The average molecular weight is 537 g/mol. The first-order valence-electron chi connectivity index (χ1n) is 9.25. The van der Waals surface area contributed by atoms with Crippen LogP contribution in [0.4, 0.5) is 5.69 Å². The van der Waals surface area contributed by atoms with E-state index in [1.54, 1.807) is 18.2 Å². The highest BCUT2D eigenvalue weighted by atomic mass is 79.9. The van der Waals surface area contributed by atoms with Gasteiger partial charge in [-0.3, -0.25) is 9.59 Å². The van der Waals surface area contributed by atoms with Gasteiger partial charge in [-0.05, 0) is 86.5 Å². The van der Waals surface area contributed by atoms with Crippen molar-refractivity contribution in [2.45, 2.75) is 19.4 Å². The molecule has 9 heteroatoms. The second-order valence-corrected chi connectivity index (χ2v) is 8.70. The van der Waals surface area contributed by atoms with Crippen LogP contribution in [0.5, 0.6) is 5.75 Å². The van der Waals surface area contributed by atoms with Crippen molar-refractivity contribution in [3.63, 3.8) is 0 Å². The van der Waals surface area contributed by atoms with Gasteiger partial charge in [0.1, 0.15) is 18.9 Å². The molecule has 1 aliphatic carbocycles. The largest absolute Gasteiger partial charge is 0.487 e. The fraction of sp³-hybridized carbons (Fsp3) is 0.286. The lowest BCUT2D eigenvalue weighted by molar-refractivity contribution is -0.135. The summed E-state index contributed by atoms with van der Waals surface area (Å²) in [7, 11) is 0. The van der Waals surface area contributed by atoms with E-state index in [9.17, 15) is 14.9 Å². The van der Waals surface area contributed by atoms with Gasteiger partial charge in [-0.15, -0.1) is 0 Å². The molecule has 7 nitrogen and oxygen atoms in total. The minimum absolute atomic E-state index is 0.232. The number of carbonyl (C=O) groups excluding carboxylic acids is 1. The minimum Gasteiger partial charge on any atom is -0.487 e. The van der Waals surface area contributed by atoms with Gasteiger partial charge in [0.25, 0.3) is 5.91 Å². The maximum absolute atomic E-state index is 12.1. The van der Waals surface area contributed by atoms with Gasteiger partial charge < -0.3 is 20.5 Å². The molecule has 1 aliphatic rings. The zero-order valence-corrected chi connectivity index (χ0v) is 19.0. The number of nitrogens with one attached hydrogen (secondary N) is 2. The van der Waals surface area contributed by atoms with E-state index in [1.807, 2.05) is 12.1 Å². The third-order valence-electron chi connectivity index (χ3n) is 4.46. The monoisotopic (exact) mass is 535 g/mol. The van der Waals surface area contributed by atoms with Crippen molar-refractivity contribution in [2.24, 2.45) is 5.92 Å². The molecule has 0 radical (unpaired) electrons. The first-order chi connectivity index (χ1) is 14.4. The molecular formula is C21H19Br2N3O4. The van der Waals surface area contributed by atoms with Crippen molar-refractivity contribution in [3.05, 3.63) is 56.0 Å². The smallest absolute Gasteiger partial charge is 0.322 e. The number of halogens is 2. The Balaban J connectivity index is 1.70. The summed E-state index contributed by atoms with van der Waals surface area (Å²) in [6, 6.07) is 10.8. The Kier molecular flexibility index (Phi) is 7.34. The zero-order valence-electron chi connectivity index (χ0n) is 15.9. The number of carboxylic acids is 1.